The number of rotatable bonds is 16. The highest BCUT2D eigenvalue weighted by Gasteiger charge is 2.31. The smallest absolute Gasteiger partial charge is 0.195 e. The van der Waals surface area contributed by atoms with Crippen molar-refractivity contribution in [3.8, 4) is 38.9 Å². The zero-order valence-electron chi connectivity index (χ0n) is 77.4. The number of alkyl halides is 1. The van der Waals surface area contributed by atoms with Gasteiger partial charge in [-0.1, -0.05) is 137 Å². The molecule has 4 heterocycles. The highest BCUT2D eigenvalue weighted by atomic mass is 79.9. The molecule has 0 saturated heterocycles. The number of Topliss-reactive ketones (excluding diaryl/α,β-unsaturated/α-hetero) is 8. The number of anilines is 2. The van der Waals surface area contributed by atoms with Gasteiger partial charge in [-0.05, 0) is 278 Å². The first-order chi connectivity index (χ1) is 68.8. The second-order valence-electron chi connectivity index (χ2n) is 35.7. The van der Waals surface area contributed by atoms with Crippen LogP contribution < -0.4 is 11.5 Å². The second kappa shape index (κ2) is 46.4. The Hall–Kier alpha value is -13.3. The summed E-state index contributed by atoms with van der Waals surface area (Å²) in [5.41, 5.74) is 28.9. The minimum atomic E-state index is -0.855. The summed E-state index contributed by atoms with van der Waals surface area (Å²) in [5, 5.41) is 1.44. The summed E-state index contributed by atoms with van der Waals surface area (Å²) in [7, 11) is 0. The van der Waals surface area contributed by atoms with Crippen LogP contribution in [0.3, 0.4) is 0 Å². The fraction of sp³-hybridized carbons (Fsp3) is 0.239. The van der Waals surface area contributed by atoms with Gasteiger partial charge in [0.05, 0.1) is 55.4 Å². The molecule has 6 aliphatic carbocycles. The highest BCUT2D eigenvalue weighted by molar-refractivity contribution is 9.11. The number of hydrogen-bond donors (Lipinski definition) is 2. The number of nitrogens with zero attached hydrogens (tertiary/aromatic N) is 5. The quantitative estimate of drug-likeness (QED) is 0.0300. The second-order valence-corrected chi connectivity index (χ2v) is 41.3. The van der Waals surface area contributed by atoms with Gasteiger partial charge in [0, 0.05) is 105 Å². The molecule has 6 aliphatic rings. The Kier molecular flexibility index (Phi) is 33.3. The number of hydrogen-bond acceptors (Lipinski definition) is 17. The molecule has 1 atom stereocenters. The van der Waals surface area contributed by atoms with Gasteiger partial charge in [-0.3, -0.25) is 42.9 Å². The van der Waals surface area contributed by atoms with Gasteiger partial charge in [0.1, 0.15) is 64.5 Å². The van der Waals surface area contributed by atoms with Gasteiger partial charge in [0.25, 0.3) is 0 Å². The number of imidazole rings is 1. The molecule has 21 rings (SSSR count). The maximum atomic E-state index is 14.0. The molecule has 0 amide bonds. The SMILES string of the molecule is Cc1cn(-c2nc3c(s2)CCCc2cc(CC(=O)c4c(F)cccc4F)ccc2-3)cn1.Nc1ccc2c(c1)CCCCC2=O.Nc1nc2c(s1)CCCc1cc(CC(=O)c3c(F)cccc3F)ccc1-2.O=C(Cc1ccc2c(c1)CCCC(Br)C2=O)c1c(F)cccc1F.O=C(Cc1ccc2c(c1)CCCc1sc(Br)nc1-2)c1c(F)cccc1F.O=C1CCCCc2cc(CC(=O)c3c(F)cccc3F)ccc21. The van der Waals surface area contributed by atoms with E-state index in [0.29, 0.717) is 40.2 Å². The van der Waals surface area contributed by atoms with Crippen molar-refractivity contribution in [2.24, 2.45) is 0 Å². The van der Waals surface area contributed by atoms with Gasteiger partial charge in [-0.25, -0.2) is 63.8 Å². The fourth-order valence-electron chi connectivity index (χ4n) is 18.7. The Morgan fingerprint density at radius 2 is 0.650 bits per heavy atom. The van der Waals surface area contributed by atoms with E-state index in [1.54, 1.807) is 59.3 Å². The third kappa shape index (κ3) is 24.6. The normalized spacial score (nSPS) is 14.2. The molecular weight excluding hydrogens is 2030 g/mol. The van der Waals surface area contributed by atoms with E-state index in [1.165, 1.54) is 56.3 Å². The molecule has 0 fully saturated rings. The number of carbonyl (C=O) groups is 8. The lowest BCUT2D eigenvalue weighted by molar-refractivity contribution is 0.0973. The van der Waals surface area contributed by atoms with Gasteiger partial charge >= 0.3 is 0 Å². The van der Waals surface area contributed by atoms with Crippen molar-refractivity contribution in [1.29, 1.82) is 0 Å². The maximum Gasteiger partial charge on any atom is 0.195 e. The van der Waals surface area contributed by atoms with Crippen LogP contribution in [0.15, 0.2) is 217 Å². The number of aromatic nitrogens is 5. The molecule has 4 N–H and O–H groups in total. The lowest BCUT2D eigenvalue weighted by Crippen LogP contribution is -2.13. The summed E-state index contributed by atoms with van der Waals surface area (Å²) >= 11 is 11.7. The molecule has 0 saturated carbocycles. The minimum absolute atomic E-state index is 0.0290. The van der Waals surface area contributed by atoms with E-state index in [-0.39, 0.29) is 54.3 Å². The average molecular weight is 2120 g/mol. The van der Waals surface area contributed by atoms with Crippen LogP contribution in [0.4, 0.5) is 54.7 Å². The van der Waals surface area contributed by atoms with Crippen LogP contribution in [-0.2, 0) is 89.9 Å². The number of carbonyl (C=O) groups excluding carboxylic acids is 8. The maximum absolute atomic E-state index is 14.0. The third-order valence-corrected chi connectivity index (χ3v) is 30.1. The molecule has 0 spiro atoms. The topological polar surface area (TPSA) is 245 Å². The molecule has 11 aromatic carbocycles. The predicted molar refractivity (Wildman–Crippen MR) is 542 cm³/mol. The van der Waals surface area contributed by atoms with E-state index in [2.05, 4.69) is 46.8 Å². The van der Waals surface area contributed by atoms with E-state index >= 15 is 0 Å². The van der Waals surface area contributed by atoms with Crippen LogP contribution in [0.5, 0.6) is 0 Å². The van der Waals surface area contributed by atoms with E-state index in [9.17, 15) is 82.3 Å². The molecule has 1 unspecified atom stereocenters. The van der Waals surface area contributed by atoms with E-state index in [0.717, 1.165) is 286 Å². The van der Waals surface area contributed by atoms with Crippen molar-refractivity contribution in [3.63, 3.8) is 0 Å². The van der Waals surface area contributed by atoms with Gasteiger partial charge in [0.15, 0.2) is 60.4 Å². The lowest BCUT2D eigenvalue weighted by Gasteiger charge is -2.09. The largest absolute Gasteiger partial charge is 0.399 e. The molecule has 143 heavy (non-hydrogen) atoms. The van der Waals surface area contributed by atoms with Gasteiger partial charge < -0.3 is 11.5 Å². The van der Waals surface area contributed by atoms with Crippen LogP contribution in [0.2, 0.25) is 0 Å². The standard InChI is InChI=1S/C24H19F2N3OS.C20H14BrF2NOS.C20H16F2N2OS.C19H15BrF2O2.C19H16F2O2.C11H13NO/c1-14-12-29(13-27-14)24-28-23-17-9-8-15(10-16(17)4-2-7-21(23)31-24)11-20(30)22-18(25)5-3-6-19(22)26;21-20-24-19-13-8-7-11(9-12(13)3-1-6-17(19)26-20)10-16(25)18-14(22)4-2-5-15(18)23;21-14-4-2-5-15(22)18(14)16(25)10-11-7-8-13-12(9-11)3-1-6-17-19(13)24-20(23)26-17;20-14-4-1-3-12-9-11(7-8-13(12)19(14)24)10-17(23)18-15(21)5-2-6-16(18)22;20-15-5-3-6-16(21)19(15)18(23)11-12-8-9-14-13(10-12)4-1-2-7-17(14)22;12-9-5-6-10-8(7-9)3-1-2-4-11(10)13/h3,5-6,8-10,12-13H,2,4,7,11H2,1H3;2,4-5,7-9H,1,3,6,10H2;2,4-5,7-9H,1,3,6,10H2,(H2,23,24);2,5-9,14H,1,3-4,10H2;3,5-6,8-10H,1-2,4,7,11H2;5-7H,1-4,12H2. The number of ketones is 8. The first-order valence-corrected chi connectivity index (χ1v) is 51.0. The first kappa shape index (κ1) is 103. The zero-order chi connectivity index (χ0) is 101. The molecule has 730 valence electrons. The van der Waals surface area contributed by atoms with Crippen LogP contribution in [0, 0.1) is 65.1 Å². The highest BCUT2D eigenvalue weighted by Crippen LogP contribution is 2.42. The van der Waals surface area contributed by atoms with Crippen LogP contribution in [0.1, 0.15) is 235 Å². The number of nitrogen functional groups attached to an aromatic ring is 2. The first-order valence-electron chi connectivity index (χ1n) is 46.9. The van der Waals surface area contributed by atoms with Crippen LogP contribution in [-0.4, -0.2) is 75.6 Å². The number of halogens is 12. The van der Waals surface area contributed by atoms with Gasteiger partial charge in [-0.2, -0.15) is 0 Å². The number of aryl methyl sites for hydroxylation is 10. The van der Waals surface area contributed by atoms with E-state index in [4.69, 9.17) is 16.5 Å². The van der Waals surface area contributed by atoms with Crippen LogP contribution in [0.25, 0.3) is 38.9 Å². The summed E-state index contributed by atoms with van der Waals surface area (Å²) < 4.78 is 141. The fourth-order valence-corrected chi connectivity index (χ4v) is 22.8. The molecule has 0 aliphatic heterocycles. The summed E-state index contributed by atoms with van der Waals surface area (Å²) in [6.45, 7) is 1.94. The molecule has 15 nitrogen and oxygen atoms in total. The Bertz CT molecular complexity index is 7220. The number of nitrogens with two attached hydrogens (primary N) is 2. The number of benzene rings is 11. The number of thiazole rings is 3. The van der Waals surface area contributed by atoms with Crippen molar-refractivity contribution in [3.05, 3.63) is 401 Å². The molecule has 15 aromatic rings. The van der Waals surface area contributed by atoms with Crippen molar-refractivity contribution in [1.82, 2.24) is 24.5 Å². The number of fused-ring (bicyclic) bond motifs is 12. The third-order valence-electron chi connectivity index (χ3n) is 25.6. The molecule has 30 heteroatoms. The Morgan fingerprint density at radius 1 is 0.350 bits per heavy atom. The molecule has 0 bridgehead atoms. The Labute approximate surface area is 847 Å². The molecule has 4 aromatic heterocycles. The summed E-state index contributed by atoms with van der Waals surface area (Å²) in [5.74, 6) is -10.8. The summed E-state index contributed by atoms with van der Waals surface area (Å²) in [6.07, 6.45) is 21.1. The van der Waals surface area contributed by atoms with E-state index in [1.807, 2.05) is 96.6 Å². The Balaban J connectivity index is 0.000000125. The van der Waals surface area contributed by atoms with Gasteiger partial charge in [0.2, 0.25) is 0 Å². The summed E-state index contributed by atoms with van der Waals surface area (Å²) in [4.78, 5) is 119. The van der Waals surface area contributed by atoms with Crippen LogP contribution >= 0.6 is 65.9 Å². The van der Waals surface area contributed by atoms with E-state index < -0.39 is 115 Å². The van der Waals surface area contributed by atoms with Crippen molar-refractivity contribution < 1.29 is 82.3 Å². The average Bonchev–Trinajstić information content (AvgIpc) is 1.64. The Morgan fingerprint density at radius 3 is 1.03 bits per heavy atom. The monoisotopic (exact) mass is 2120 g/mol. The van der Waals surface area contributed by atoms with Crippen molar-refractivity contribution in [2.45, 2.75) is 172 Å². The van der Waals surface area contributed by atoms with Crippen molar-refractivity contribution in [2.75, 3.05) is 11.5 Å². The minimum Gasteiger partial charge on any atom is -0.399 e. The van der Waals surface area contributed by atoms with Gasteiger partial charge in [-0.15, -0.1) is 34.0 Å². The summed E-state index contributed by atoms with van der Waals surface area (Å²) in [6, 6.07) is 50.4. The van der Waals surface area contributed by atoms with Crippen molar-refractivity contribution >= 4 is 123 Å². The molecule has 0 radical (unpaired) electrons. The lowest BCUT2D eigenvalue weighted by atomic mass is 9.95. The molecular formula is C113H93Br2F10N7O8S3. The zero-order valence-corrected chi connectivity index (χ0v) is 83.0. The predicted octanol–water partition coefficient (Wildman–Crippen LogP) is 27.0.